The van der Waals surface area contributed by atoms with Gasteiger partial charge in [-0.3, -0.25) is 9.59 Å². The fourth-order valence-corrected chi connectivity index (χ4v) is 3.63. The van der Waals surface area contributed by atoms with Gasteiger partial charge in [0, 0.05) is 12.5 Å². The van der Waals surface area contributed by atoms with Gasteiger partial charge in [-0.2, -0.15) is 5.26 Å². The van der Waals surface area contributed by atoms with E-state index in [1.807, 2.05) is 6.07 Å². The van der Waals surface area contributed by atoms with Crippen LogP contribution < -0.4 is 4.90 Å². The second-order valence-corrected chi connectivity index (χ2v) is 6.53. The summed E-state index contributed by atoms with van der Waals surface area (Å²) in [6.07, 6.45) is 1.65. The van der Waals surface area contributed by atoms with E-state index >= 15 is 0 Å². The lowest BCUT2D eigenvalue weighted by molar-refractivity contribution is -0.128. The second-order valence-electron chi connectivity index (χ2n) is 6.53. The van der Waals surface area contributed by atoms with Crippen LogP contribution in [0.5, 0.6) is 0 Å². The molecule has 1 aliphatic heterocycles. The molecule has 1 amide bonds. The second kappa shape index (κ2) is 4.26. The molecular weight excluding hydrogens is 283 g/mol. The average molecular weight is 298 g/mol. The van der Waals surface area contributed by atoms with Crippen LogP contribution in [0.2, 0.25) is 0 Å². The lowest BCUT2D eigenvalue weighted by Gasteiger charge is -2.37. The lowest BCUT2D eigenvalue weighted by atomic mass is 9.62. The topological polar surface area (TPSA) is 61.2 Å². The van der Waals surface area contributed by atoms with Crippen LogP contribution in [0, 0.1) is 22.6 Å². The lowest BCUT2D eigenvalue weighted by Crippen LogP contribution is -2.46. The molecule has 1 spiro atoms. The number of hydrogen-bond donors (Lipinski definition) is 0. The zero-order valence-electron chi connectivity index (χ0n) is 12.6. The molecule has 1 atom stereocenters. The highest BCUT2D eigenvalue weighted by atomic mass is 19.1. The van der Waals surface area contributed by atoms with Crippen LogP contribution in [0.15, 0.2) is 29.8 Å². The largest absolute Gasteiger partial charge is 0.311 e. The van der Waals surface area contributed by atoms with Gasteiger partial charge in [-0.15, -0.1) is 0 Å². The van der Waals surface area contributed by atoms with Gasteiger partial charge in [0.25, 0.3) is 0 Å². The third-order valence-electron chi connectivity index (χ3n) is 4.58. The van der Waals surface area contributed by atoms with Gasteiger partial charge < -0.3 is 4.90 Å². The zero-order valence-corrected chi connectivity index (χ0v) is 12.6. The summed E-state index contributed by atoms with van der Waals surface area (Å²) in [5.74, 6) is -1.06. The van der Waals surface area contributed by atoms with Crippen molar-refractivity contribution in [2.75, 3.05) is 11.9 Å². The highest BCUT2D eigenvalue weighted by Gasteiger charge is 2.56. The number of likely N-dealkylation sites (N-methyl/N-ethyl adjacent to an activating group) is 1. The van der Waals surface area contributed by atoms with Crippen molar-refractivity contribution in [3.63, 3.8) is 0 Å². The molecule has 3 rings (SSSR count). The first-order chi connectivity index (χ1) is 10.2. The highest BCUT2D eigenvalue weighted by molar-refractivity contribution is 6.14. The number of fused-ring (bicyclic) bond motifs is 2. The Hall–Kier alpha value is -2.48. The minimum atomic E-state index is -1.14. The van der Waals surface area contributed by atoms with Gasteiger partial charge in [0.05, 0.1) is 16.7 Å². The Kier molecular flexibility index (Phi) is 2.80. The van der Waals surface area contributed by atoms with E-state index in [1.165, 1.54) is 24.1 Å². The Morgan fingerprint density at radius 3 is 2.64 bits per heavy atom. The number of halogens is 1. The maximum Gasteiger partial charge on any atom is 0.241 e. The van der Waals surface area contributed by atoms with Crippen LogP contribution in [-0.4, -0.2) is 18.7 Å². The summed E-state index contributed by atoms with van der Waals surface area (Å²) < 4.78 is 14.2. The van der Waals surface area contributed by atoms with Crippen molar-refractivity contribution >= 4 is 17.4 Å². The Balaban J connectivity index is 2.35. The van der Waals surface area contributed by atoms with Crippen LogP contribution in [0.4, 0.5) is 10.1 Å². The van der Waals surface area contributed by atoms with Crippen LogP contribution in [0.1, 0.15) is 25.8 Å². The summed E-state index contributed by atoms with van der Waals surface area (Å²) >= 11 is 0. The number of rotatable bonds is 0. The molecule has 0 radical (unpaired) electrons. The number of benzene rings is 1. The molecule has 1 aromatic carbocycles. The first-order valence-corrected chi connectivity index (χ1v) is 6.99. The third kappa shape index (κ3) is 1.61. The van der Waals surface area contributed by atoms with E-state index in [9.17, 15) is 19.2 Å². The molecule has 0 N–H and O–H groups in total. The molecular formula is C17H15FN2O2. The summed E-state index contributed by atoms with van der Waals surface area (Å²) in [5, 5.41) is 9.25. The van der Waals surface area contributed by atoms with Crippen LogP contribution in [0.3, 0.4) is 0 Å². The van der Waals surface area contributed by atoms with Gasteiger partial charge in [0.1, 0.15) is 11.9 Å². The van der Waals surface area contributed by atoms with E-state index in [-0.39, 0.29) is 29.4 Å². The first-order valence-electron chi connectivity index (χ1n) is 6.99. The standard InChI is InChI=1S/C17H15FN2O2/c1-16(2)9-17(7-10(8-19)14(16)21)11-5-4-6-12(18)13(11)20(3)15(17)22/h4-7H,9H2,1-3H3. The van der Waals surface area contributed by atoms with Gasteiger partial charge in [-0.05, 0) is 24.1 Å². The fourth-order valence-electron chi connectivity index (χ4n) is 3.63. The number of ketones is 1. The van der Waals surface area contributed by atoms with Gasteiger partial charge in [-0.1, -0.05) is 26.0 Å². The highest BCUT2D eigenvalue weighted by Crippen LogP contribution is 2.52. The number of Topliss-reactive ketones (excluding diaryl/α,β-unsaturated/α-hetero) is 1. The van der Waals surface area contributed by atoms with Crippen LogP contribution >= 0.6 is 0 Å². The SMILES string of the molecule is CN1C(=O)C2(C=C(C#N)C(=O)C(C)(C)C2)c2cccc(F)c21. The Morgan fingerprint density at radius 2 is 2.00 bits per heavy atom. The summed E-state index contributed by atoms with van der Waals surface area (Å²) in [6, 6.07) is 6.43. The molecule has 0 fully saturated rings. The number of para-hydroxylation sites is 1. The van der Waals surface area contributed by atoms with Crippen LogP contribution in [-0.2, 0) is 15.0 Å². The van der Waals surface area contributed by atoms with Gasteiger partial charge in [0.2, 0.25) is 5.91 Å². The molecule has 1 aromatic rings. The van der Waals surface area contributed by atoms with Crippen molar-refractivity contribution in [3.05, 3.63) is 41.2 Å². The van der Waals surface area contributed by atoms with Crippen molar-refractivity contribution in [1.82, 2.24) is 0 Å². The van der Waals surface area contributed by atoms with Crippen LogP contribution in [0.25, 0.3) is 0 Å². The molecule has 22 heavy (non-hydrogen) atoms. The van der Waals surface area contributed by atoms with Crippen molar-refractivity contribution in [2.45, 2.75) is 25.7 Å². The quantitative estimate of drug-likeness (QED) is 0.739. The van der Waals surface area contributed by atoms with Crippen molar-refractivity contribution in [3.8, 4) is 6.07 Å². The number of anilines is 1. The van der Waals surface area contributed by atoms with E-state index in [1.54, 1.807) is 26.0 Å². The minimum absolute atomic E-state index is 0.0323. The summed E-state index contributed by atoms with van der Waals surface area (Å²) in [6.45, 7) is 3.43. The molecule has 2 aliphatic rings. The smallest absolute Gasteiger partial charge is 0.241 e. The summed E-state index contributed by atoms with van der Waals surface area (Å²) in [4.78, 5) is 26.4. The molecule has 0 saturated carbocycles. The normalized spacial score (nSPS) is 26.0. The molecule has 112 valence electrons. The molecule has 4 nitrogen and oxygen atoms in total. The Labute approximate surface area is 127 Å². The molecule has 5 heteroatoms. The number of nitriles is 1. The zero-order chi connectivity index (χ0) is 16.3. The summed E-state index contributed by atoms with van der Waals surface area (Å²) in [5.41, 5.74) is -1.28. The number of hydrogen-bond acceptors (Lipinski definition) is 3. The number of amides is 1. The number of allylic oxidation sites excluding steroid dienone is 1. The van der Waals surface area contributed by atoms with Gasteiger partial charge >= 0.3 is 0 Å². The average Bonchev–Trinajstić information content (AvgIpc) is 2.66. The first kappa shape index (κ1) is 14.5. The van der Waals surface area contributed by atoms with E-state index < -0.39 is 16.6 Å². The molecule has 0 bridgehead atoms. The van der Waals surface area contributed by atoms with Crippen molar-refractivity contribution in [2.24, 2.45) is 5.41 Å². The van der Waals surface area contributed by atoms with Gasteiger partial charge in [0.15, 0.2) is 5.78 Å². The fraction of sp³-hybridized carbons (Fsp3) is 0.353. The van der Waals surface area contributed by atoms with E-state index in [2.05, 4.69) is 0 Å². The van der Waals surface area contributed by atoms with E-state index in [0.717, 1.165) is 0 Å². The minimum Gasteiger partial charge on any atom is -0.311 e. The predicted molar refractivity (Wildman–Crippen MR) is 78.6 cm³/mol. The third-order valence-corrected chi connectivity index (χ3v) is 4.58. The Bertz CT molecular complexity index is 788. The molecule has 1 unspecified atom stereocenters. The van der Waals surface area contributed by atoms with Crippen molar-refractivity contribution in [1.29, 1.82) is 5.26 Å². The predicted octanol–water partition coefficient (Wildman–Crippen LogP) is 2.49. The molecule has 0 aromatic heterocycles. The van der Waals surface area contributed by atoms with E-state index in [0.29, 0.717) is 5.56 Å². The number of nitrogens with zero attached hydrogens (tertiary/aromatic N) is 2. The molecule has 0 saturated heterocycles. The van der Waals surface area contributed by atoms with E-state index in [4.69, 9.17) is 0 Å². The molecule has 1 heterocycles. The van der Waals surface area contributed by atoms with Gasteiger partial charge in [-0.25, -0.2) is 4.39 Å². The number of carbonyl (C=O) groups is 2. The Morgan fingerprint density at radius 1 is 1.32 bits per heavy atom. The maximum atomic E-state index is 14.2. The monoisotopic (exact) mass is 298 g/mol. The summed E-state index contributed by atoms with van der Waals surface area (Å²) in [7, 11) is 1.52. The van der Waals surface area contributed by atoms with Crippen molar-refractivity contribution < 1.29 is 14.0 Å². The maximum absolute atomic E-state index is 14.2. The molecule has 1 aliphatic carbocycles. The number of carbonyl (C=O) groups excluding carboxylic acids is 2.